The predicted molar refractivity (Wildman–Crippen MR) is 84.3 cm³/mol. The molecule has 24 heavy (non-hydrogen) atoms. The van der Waals surface area contributed by atoms with Crippen LogP contribution in [-0.4, -0.2) is 47.9 Å². The van der Waals surface area contributed by atoms with Gasteiger partial charge in [-0.15, -0.1) is 5.10 Å². The average molecular weight is 347 g/mol. The third kappa shape index (κ3) is 3.17. The summed E-state index contributed by atoms with van der Waals surface area (Å²) < 4.78 is 33.5. The minimum atomic E-state index is -3.57. The topological polar surface area (TPSA) is 101 Å². The second kappa shape index (κ2) is 6.68. The highest BCUT2D eigenvalue weighted by atomic mass is 32.2. The molecule has 9 heteroatoms. The Morgan fingerprint density at radius 2 is 2.12 bits per heavy atom. The zero-order chi connectivity index (χ0) is 17.2. The van der Waals surface area contributed by atoms with E-state index in [1.165, 1.54) is 28.6 Å². The van der Waals surface area contributed by atoms with Gasteiger partial charge in [-0.3, -0.25) is 0 Å². The molecule has 1 atom stereocenters. The molecule has 0 aliphatic carbocycles. The Morgan fingerprint density at radius 1 is 1.38 bits per heavy atom. The van der Waals surface area contributed by atoms with Crippen LogP contribution in [0.4, 0.5) is 0 Å². The number of hydrogen-bond acceptors (Lipinski definition) is 6. The van der Waals surface area contributed by atoms with Crippen molar-refractivity contribution in [3.05, 3.63) is 41.7 Å². The van der Waals surface area contributed by atoms with Crippen LogP contribution in [0.5, 0.6) is 0 Å². The van der Waals surface area contributed by atoms with Crippen molar-refractivity contribution in [3.8, 4) is 6.07 Å². The Morgan fingerprint density at radius 3 is 2.79 bits per heavy atom. The summed E-state index contributed by atoms with van der Waals surface area (Å²) in [6.45, 7) is 1.14. The highest BCUT2D eigenvalue weighted by Crippen LogP contribution is 2.27. The van der Waals surface area contributed by atoms with E-state index in [0.29, 0.717) is 37.4 Å². The van der Waals surface area contributed by atoms with E-state index >= 15 is 0 Å². The second-order valence-electron chi connectivity index (χ2n) is 5.56. The van der Waals surface area contributed by atoms with Crippen molar-refractivity contribution < 1.29 is 13.2 Å². The molecule has 0 amide bonds. The average Bonchev–Trinajstić information content (AvgIpc) is 3.24. The minimum absolute atomic E-state index is 0.0451. The lowest BCUT2D eigenvalue weighted by atomic mass is 10.2. The number of nitrogens with zero attached hydrogens (tertiary/aromatic N) is 5. The Balaban J connectivity index is 1.74. The number of sulfonamides is 1. The van der Waals surface area contributed by atoms with Gasteiger partial charge in [0.1, 0.15) is 5.69 Å². The van der Waals surface area contributed by atoms with Gasteiger partial charge in [-0.2, -0.15) is 9.57 Å². The maximum atomic E-state index is 12.7. The summed E-state index contributed by atoms with van der Waals surface area (Å²) in [6.07, 6.45) is 2.46. The summed E-state index contributed by atoms with van der Waals surface area (Å²) in [5, 5.41) is 16.9. The molecule has 1 aromatic carbocycles. The van der Waals surface area contributed by atoms with Crippen LogP contribution in [-0.2, 0) is 21.4 Å². The van der Waals surface area contributed by atoms with Gasteiger partial charge in [0, 0.05) is 20.2 Å². The van der Waals surface area contributed by atoms with Gasteiger partial charge in [0.15, 0.2) is 0 Å². The van der Waals surface area contributed by atoms with Crippen LogP contribution >= 0.6 is 0 Å². The molecule has 8 nitrogen and oxygen atoms in total. The van der Waals surface area contributed by atoms with Crippen LogP contribution in [0.2, 0.25) is 0 Å². The van der Waals surface area contributed by atoms with Crippen molar-refractivity contribution in [2.24, 2.45) is 0 Å². The molecular formula is C15H17N5O3S. The number of rotatable bonds is 5. The van der Waals surface area contributed by atoms with Gasteiger partial charge in [-0.25, -0.2) is 13.1 Å². The van der Waals surface area contributed by atoms with E-state index in [-0.39, 0.29) is 10.9 Å². The molecule has 0 radical (unpaired) electrons. The molecule has 0 bridgehead atoms. The van der Waals surface area contributed by atoms with Crippen LogP contribution in [0.25, 0.3) is 0 Å². The van der Waals surface area contributed by atoms with Gasteiger partial charge < -0.3 is 4.74 Å². The Bertz CT molecular complexity index is 854. The standard InChI is InChI=1S/C15H17N5O3S/c1-23-11-13-9-20(18-17-13)14-6-7-19(10-14)24(21,22)15-4-2-12(8-16)3-5-15/h2-5,9,14H,6-7,10-11H2,1H3/t14-/m0/s1. The monoisotopic (exact) mass is 347 g/mol. The van der Waals surface area contributed by atoms with Crippen LogP contribution in [0.1, 0.15) is 23.7 Å². The van der Waals surface area contributed by atoms with Crippen LogP contribution in [0.15, 0.2) is 35.4 Å². The molecule has 0 unspecified atom stereocenters. The number of ether oxygens (including phenoxy) is 1. The first-order valence-corrected chi connectivity index (χ1v) is 8.88. The fourth-order valence-corrected chi connectivity index (χ4v) is 4.19. The number of aromatic nitrogens is 3. The van der Waals surface area contributed by atoms with E-state index in [2.05, 4.69) is 10.3 Å². The van der Waals surface area contributed by atoms with Crippen molar-refractivity contribution in [1.82, 2.24) is 19.3 Å². The molecule has 1 aliphatic rings. The maximum absolute atomic E-state index is 12.7. The number of benzene rings is 1. The summed E-state index contributed by atoms with van der Waals surface area (Å²) in [4.78, 5) is 0.195. The Hall–Kier alpha value is -2.28. The van der Waals surface area contributed by atoms with Crippen LogP contribution in [0, 0.1) is 11.3 Å². The van der Waals surface area contributed by atoms with E-state index in [1.54, 1.807) is 18.0 Å². The number of nitriles is 1. The van der Waals surface area contributed by atoms with Gasteiger partial charge in [0.25, 0.3) is 0 Å². The predicted octanol–water partition coefficient (Wildman–Crippen LogP) is 0.932. The highest BCUT2D eigenvalue weighted by molar-refractivity contribution is 7.89. The summed E-state index contributed by atoms with van der Waals surface area (Å²) in [5.41, 5.74) is 1.15. The molecule has 126 valence electrons. The van der Waals surface area contributed by atoms with Crippen molar-refractivity contribution in [2.75, 3.05) is 20.2 Å². The zero-order valence-corrected chi connectivity index (χ0v) is 14.0. The highest BCUT2D eigenvalue weighted by Gasteiger charge is 2.33. The van der Waals surface area contributed by atoms with E-state index in [0.717, 1.165) is 0 Å². The smallest absolute Gasteiger partial charge is 0.243 e. The lowest BCUT2D eigenvalue weighted by Crippen LogP contribution is -2.29. The molecule has 2 aromatic rings. The van der Waals surface area contributed by atoms with Crippen molar-refractivity contribution >= 4 is 10.0 Å². The molecule has 1 saturated heterocycles. The fourth-order valence-electron chi connectivity index (χ4n) is 2.70. The SMILES string of the molecule is COCc1cn([C@H]2CCN(S(=O)(=O)c3ccc(C#N)cc3)C2)nn1. The summed E-state index contributed by atoms with van der Waals surface area (Å²) in [7, 11) is -1.99. The maximum Gasteiger partial charge on any atom is 0.243 e. The first kappa shape index (κ1) is 16.6. The van der Waals surface area contributed by atoms with Crippen molar-refractivity contribution in [1.29, 1.82) is 5.26 Å². The molecule has 0 spiro atoms. The largest absolute Gasteiger partial charge is 0.378 e. The third-order valence-electron chi connectivity index (χ3n) is 3.97. The van der Waals surface area contributed by atoms with Crippen LogP contribution < -0.4 is 0 Å². The van der Waals surface area contributed by atoms with Gasteiger partial charge >= 0.3 is 0 Å². The Labute approximate surface area is 140 Å². The van der Waals surface area contributed by atoms with Crippen LogP contribution in [0.3, 0.4) is 0 Å². The van der Waals surface area contributed by atoms with Gasteiger partial charge in [-0.1, -0.05) is 5.21 Å². The lowest BCUT2D eigenvalue weighted by Gasteiger charge is -2.16. The quantitative estimate of drug-likeness (QED) is 0.797. The Kier molecular flexibility index (Phi) is 4.62. The molecule has 2 heterocycles. The lowest BCUT2D eigenvalue weighted by molar-refractivity contribution is 0.181. The molecule has 0 N–H and O–H groups in total. The molecule has 1 aromatic heterocycles. The second-order valence-corrected chi connectivity index (χ2v) is 7.50. The molecule has 1 aliphatic heterocycles. The first-order chi connectivity index (χ1) is 11.5. The van der Waals surface area contributed by atoms with Crippen molar-refractivity contribution in [2.45, 2.75) is 24.0 Å². The molecule has 1 fully saturated rings. The minimum Gasteiger partial charge on any atom is -0.378 e. The number of methoxy groups -OCH3 is 1. The molecule has 0 saturated carbocycles. The van der Waals surface area contributed by atoms with E-state index < -0.39 is 10.0 Å². The van der Waals surface area contributed by atoms with Gasteiger partial charge in [0.2, 0.25) is 10.0 Å². The van der Waals surface area contributed by atoms with E-state index in [9.17, 15) is 8.42 Å². The van der Waals surface area contributed by atoms with Crippen molar-refractivity contribution in [3.63, 3.8) is 0 Å². The third-order valence-corrected chi connectivity index (χ3v) is 5.85. The number of hydrogen-bond donors (Lipinski definition) is 0. The van der Waals surface area contributed by atoms with Gasteiger partial charge in [0.05, 0.1) is 35.4 Å². The normalized spacial score (nSPS) is 18.6. The molecule has 3 rings (SSSR count). The first-order valence-electron chi connectivity index (χ1n) is 7.44. The zero-order valence-electron chi connectivity index (χ0n) is 13.2. The fraction of sp³-hybridized carbons (Fsp3) is 0.400. The summed E-state index contributed by atoms with van der Waals surface area (Å²) in [5.74, 6) is 0. The molecular weight excluding hydrogens is 330 g/mol. The van der Waals surface area contributed by atoms with Gasteiger partial charge in [-0.05, 0) is 30.7 Å². The van der Waals surface area contributed by atoms with E-state index in [4.69, 9.17) is 10.00 Å². The summed E-state index contributed by atoms with van der Waals surface area (Å²) in [6, 6.07) is 7.88. The summed E-state index contributed by atoms with van der Waals surface area (Å²) >= 11 is 0. The van der Waals surface area contributed by atoms with E-state index in [1.807, 2.05) is 6.07 Å².